The first-order chi connectivity index (χ1) is 12.3. The van der Waals surface area contributed by atoms with Crippen molar-refractivity contribution in [2.24, 2.45) is 0 Å². The zero-order valence-corrected chi connectivity index (χ0v) is 14.5. The molecule has 8 nitrogen and oxygen atoms in total. The van der Waals surface area contributed by atoms with Gasteiger partial charge < -0.3 is 15.9 Å². The molecule has 3 rings (SSSR count). The van der Waals surface area contributed by atoms with Crippen molar-refractivity contribution in [3.63, 3.8) is 0 Å². The molecule has 0 fully saturated rings. The number of fused-ring (bicyclic) bond motifs is 3. The number of carbonyl (C=O) groups is 2. The fraction of sp³-hybridized carbons (Fsp3) is 0.222. The van der Waals surface area contributed by atoms with E-state index in [1.807, 2.05) is 44.2 Å². The van der Waals surface area contributed by atoms with E-state index < -0.39 is 11.9 Å². The summed E-state index contributed by atoms with van der Waals surface area (Å²) in [5, 5.41) is 20.1. The van der Waals surface area contributed by atoms with Gasteiger partial charge in [0.2, 0.25) is 0 Å². The second-order valence-electron chi connectivity index (χ2n) is 5.73. The summed E-state index contributed by atoms with van der Waals surface area (Å²) in [6.07, 6.45) is 0. The molecular weight excluding hydrogens is 336 g/mol. The number of aromatic nitrogens is 2. The summed E-state index contributed by atoms with van der Waals surface area (Å²) in [5.74, 6) is -2.12. The van der Waals surface area contributed by atoms with Crippen LogP contribution in [0.15, 0.2) is 30.3 Å². The summed E-state index contributed by atoms with van der Waals surface area (Å²) in [4.78, 5) is 28.6. The molecule has 2 heterocycles. The van der Waals surface area contributed by atoms with Gasteiger partial charge in [-0.15, -0.1) is 0 Å². The molecule has 0 radical (unpaired) electrons. The van der Waals surface area contributed by atoms with Crippen LogP contribution in [-0.2, 0) is 9.59 Å². The maximum absolute atomic E-state index is 9.73. The maximum atomic E-state index is 9.73. The minimum atomic E-state index is -1.06. The lowest BCUT2D eigenvalue weighted by molar-refractivity contribution is -0.137. The van der Waals surface area contributed by atoms with Gasteiger partial charge >= 0.3 is 11.9 Å². The van der Waals surface area contributed by atoms with E-state index in [9.17, 15) is 9.59 Å². The third kappa shape index (κ3) is 4.87. The number of carboxylic acid groups (broad SMARTS) is 2. The zero-order valence-electron chi connectivity index (χ0n) is 14.5. The number of rotatable bonds is 4. The van der Waals surface area contributed by atoms with Crippen molar-refractivity contribution in [2.75, 3.05) is 18.8 Å². The Balaban J connectivity index is 0.000000232. The number of nitrogens with zero attached hydrogens (tertiary/aromatic N) is 2. The van der Waals surface area contributed by atoms with Crippen molar-refractivity contribution >= 4 is 39.4 Å². The number of anilines is 1. The van der Waals surface area contributed by atoms with E-state index in [0.717, 1.165) is 38.9 Å². The Labute approximate surface area is 149 Å². The van der Waals surface area contributed by atoms with E-state index in [0.29, 0.717) is 0 Å². The SMILES string of the molecule is Cc1ccc2cc(N)c3ccc(C)nc3c2n1.O=C(O)CNCC(=O)O. The predicted octanol–water partition coefficient (Wildman–Crippen LogP) is 1.73. The van der Waals surface area contributed by atoms with Crippen LogP contribution in [0, 0.1) is 13.8 Å². The molecule has 1 aromatic carbocycles. The Morgan fingerprint density at radius 2 is 1.50 bits per heavy atom. The minimum absolute atomic E-state index is 0.313. The van der Waals surface area contributed by atoms with Crippen molar-refractivity contribution in [3.8, 4) is 0 Å². The van der Waals surface area contributed by atoms with Gasteiger partial charge in [-0.3, -0.25) is 24.9 Å². The minimum Gasteiger partial charge on any atom is -0.480 e. The highest BCUT2D eigenvalue weighted by atomic mass is 16.4. The average molecular weight is 356 g/mol. The maximum Gasteiger partial charge on any atom is 0.317 e. The first kappa shape index (κ1) is 19.1. The molecule has 0 aliphatic heterocycles. The molecule has 0 amide bonds. The van der Waals surface area contributed by atoms with Gasteiger partial charge in [0.25, 0.3) is 0 Å². The van der Waals surface area contributed by atoms with E-state index in [1.54, 1.807) is 0 Å². The standard InChI is InChI=1S/C14H13N3.C4H7NO4/c1-8-3-5-10-7-12(15)11-6-4-9(2)17-14(11)13(10)16-8;6-3(7)1-5-2-4(8)9/h3-7H,15H2,1-2H3;5H,1-2H2,(H,6,7)(H,8,9). The lowest BCUT2D eigenvalue weighted by atomic mass is 10.1. The molecule has 136 valence electrons. The van der Waals surface area contributed by atoms with Crippen LogP contribution in [0.1, 0.15) is 11.4 Å². The lowest BCUT2D eigenvalue weighted by Gasteiger charge is -2.07. The van der Waals surface area contributed by atoms with E-state index in [2.05, 4.69) is 15.3 Å². The van der Waals surface area contributed by atoms with E-state index in [1.165, 1.54) is 0 Å². The number of aliphatic carboxylic acids is 2. The quantitative estimate of drug-likeness (QED) is 0.409. The summed E-state index contributed by atoms with van der Waals surface area (Å²) in [5.41, 5.74) is 10.6. The van der Waals surface area contributed by atoms with E-state index >= 15 is 0 Å². The molecule has 0 saturated heterocycles. The highest BCUT2D eigenvalue weighted by Gasteiger charge is 2.07. The molecular formula is C18H20N4O4. The molecule has 0 bridgehead atoms. The van der Waals surface area contributed by atoms with Gasteiger partial charge in [0.15, 0.2) is 0 Å². The fourth-order valence-corrected chi connectivity index (χ4v) is 2.37. The second-order valence-corrected chi connectivity index (χ2v) is 5.73. The Bertz CT molecular complexity index is 958. The molecule has 8 heteroatoms. The van der Waals surface area contributed by atoms with Gasteiger partial charge in [-0.05, 0) is 38.1 Å². The van der Waals surface area contributed by atoms with E-state index in [-0.39, 0.29) is 13.1 Å². The Hall–Kier alpha value is -3.26. The molecule has 0 aliphatic carbocycles. The Kier molecular flexibility index (Phi) is 6.03. The van der Waals surface area contributed by atoms with Crippen molar-refractivity contribution in [1.82, 2.24) is 15.3 Å². The number of aryl methyl sites for hydroxylation is 2. The lowest BCUT2D eigenvalue weighted by Crippen LogP contribution is -2.27. The smallest absolute Gasteiger partial charge is 0.317 e. The highest BCUT2D eigenvalue weighted by Crippen LogP contribution is 2.28. The van der Waals surface area contributed by atoms with Gasteiger partial charge in [0.05, 0.1) is 24.1 Å². The second kappa shape index (κ2) is 8.21. The monoisotopic (exact) mass is 356 g/mol. The molecule has 26 heavy (non-hydrogen) atoms. The van der Waals surface area contributed by atoms with Crippen LogP contribution >= 0.6 is 0 Å². The first-order valence-corrected chi connectivity index (χ1v) is 7.85. The number of pyridine rings is 2. The van der Waals surface area contributed by atoms with Crippen LogP contribution < -0.4 is 11.1 Å². The number of benzene rings is 1. The summed E-state index contributed by atoms with van der Waals surface area (Å²) in [7, 11) is 0. The van der Waals surface area contributed by atoms with Crippen molar-refractivity contribution in [2.45, 2.75) is 13.8 Å². The number of nitrogens with one attached hydrogen (secondary N) is 1. The molecule has 0 aliphatic rings. The summed E-state index contributed by atoms with van der Waals surface area (Å²) < 4.78 is 0. The third-order valence-corrected chi connectivity index (χ3v) is 3.50. The van der Waals surface area contributed by atoms with Crippen LogP contribution in [0.4, 0.5) is 5.69 Å². The normalized spacial score (nSPS) is 10.4. The molecule has 5 N–H and O–H groups in total. The zero-order chi connectivity index (χ0) is 19.3. The van der Waals surface area contributed by atoms with Crippen molar-refractivity contribution in [3.05, 3.63) is 41.7 Å². The number of hydrogen-bond acceptors (Lipinski definition) is 6. The van der Waals surface area contributed by atoms with Crippen molar-refractivity contribution < 1.29 is 19.8 Å². The predicted molar refractivity (Wildman–Crippen MR) is 99.1 cm³/mol. The highest BCUT2D eigenvalue weighted by molar-refractivity contribution is 6.08. The Morgan fingerprint density at radius 3 is 2.08 bits per heavy atom. The van der Waals surface area contributed by atoms with Crippen LogP contribution in [0.2, 0.25) is 0 Å². The van der Waals surface area contributed by atoms with Crippen LogP contribution in [0.5, 0.6) is 0 Å². The molecule has 2 aromatic heterocycles. The summed E-state index contributed by atoms with van der Waals surface area (Å²) >= 11 is 0. The van der Waals surface area contributed by atoms with Gasteiger partial charge in [0.1, 0.15) is 0 Å². The molecule has 0 spiro atoms. The summed E-state index contributed by atoms with van der Waals surface area (Å²) in [6, 6.07) is 9.97. The van der Waals surface area contributed by atoms with Gasteiger partial charge in [-0.1, -0.05) is 6.07 Å². The largest absolute Gasteiger partial charge is 0.480 e. The molecule has 3 aromatic rings. The van der Waals surface area contributed by atoms with E-state index in [4.69, 9.17) is 15.9 Å². The van der Waals surface area contributed by atoms with Gasteiger partial charge in [0, 0.05) is 27.8 Å². The Morgan fingerprint density at radius 1 is 0.962 bits per heavy atom. The molecule has 0 atom stereocenters. The number of nitrogens with two attached hydrogens (primary N) is 1. The van der Waals surface area contributed by atoms with Gasteiger partial charge in [-0.25, -0.2) is 0 Å². The third-order valence-electron chi connectivity index (χ3n) is 3.50. The van der Waals surface area contributed by atoms with Crippen LogP contribution in [-0.4, -0.2) is 45.2 Å². The topological polar surface area (TPSA) is 138 Å². The number of carboxylic acids is 2. The molecule has 0 saturated carbocycles. The first-order valence-electron chi connectivity index (χ1n) is 7.85. The number of hydrogen-bond donors (Lipinski definition) is 4. The number of nitrogen functional groups attached to an aromatic ring is 1. The van der Waals surface area contributed by atoms with Gasteiger partial charge in [-0.2, -0.15) is 0 Å². The van der Waals surface area contributed by atoms with Crippen LogP contribution in [0.25, 0.3) is 21.8 Å². The van der Waals surface area contributed by atoms with Crippen LogP contribution in [0.3, 0.4) is 0 Å². The average Bonchev–Trinajstić information content (AvgIpc) is 2.55. The molecule has 0 unspecified atom stereocenters. The fourth-order valence-electron chi connectivity index (χ4n) is 2.37. The summed E-state index contributed by atoms with van der Waals surface area (Å²) in [6.45, 7) is 3.33. The van der Waals surface area contributed by atoms with Crippen molar-refractivity contribution in [1.29, 1.82) is 0 Å².